The van der Waals surface area contributed by atoms with E-state index in [9.17, 15) is 4.79 Å². The monoisotopic (exact) mass is 383 g/mol. The van der Waals surface area contributed by atoms with Gasteiger partial charge in [-0.05, 0) is 50.6 Å². The highest BCUT2D eigenvalue weighted by Crippen LogP contribution is 2.32. The highest BCUT2D eigenvalue weighted by atomic mass is 32.1. The largest absolute Gasteiger partial charge is 0.461 e. The average molecular weight is 383 g/mol. The SMILES string of the molecule is CCOC(=O)c1nc([C@H](C)N)sc1-c1cccc(Nc2cc(C)ccn2)n1. The van der Waals surface area contributed by atoms with E-state index < -0.39 is 5.97 Å². The number of aromatic nitrogens is 3. The van der Waals surface area contributed by atoms with Crippen molar-refractivity contribution in [1.29, 1.82) is 0 Å². The van der Waals surface area contributed by atoms with Crippen molar-refractivity contribution in [2.24, 2.45) is 5.73 Å². The number of hydrogen-bond acceptors (Lipinski definition) is 8. The highest BCUT2D eigenvalue weighted by molar-refractivity contribution is 7.15. The number of esters is 1. The molecule has 0 radical (unpaired) electrons. The van der Waals surface area contributed by atoms with Crippen LogP contribution in [0.15, 0.2) is 36.5 Å². The number of pyridine rings is 2. The number of hydrogen-bond donors (Lipinski definition) is 2. The molecule has 0 aliphatic carbocycles. The van der Waals surface area contributed by atoms with Crippen LogP contribution in [0, 0.1) is 6.92 Å². The Morgan fingerprint density at radius 2 is 2.11 bits per heavy atom. The average Bonchev–Trinajstić information content (AvgIpc) is 3.08. The Morgan fingerprint density at radius 3 is 2.81 bits per heavy atom. The van der Waals surface area contributed by atoms with Gasteiger partial charge in [0.25, 0.3) is 0 Å². The minimum atomic E-state index is -0.476. The van der Waals surface area contributed by atoms with Crippen molar-refractivity contribution in [3.8, 4) is 10.6 Å². The standard InChI is InChI=1S/C19H21N5O2S/c1-4-26-19(25)16-17(27-18(24-16)12(3)20)13-6-5-7-14(22-13)23-15-10-11(2)8-9-21-15/h5-10,12H,4,20H2,1-3H3,(H,21,22,23)/t12-/m0/s1. The molecule has 3 N–H and O–H groups in total. The van der Waals surface area contributed by atoms with Crippen molar-refractivity contribution in [2.75, 3.05) is 11.9 Å². The van der Waals surface area contributed by atoms with E-state index in [2.05, 4.69) is 20.3 Å². The quantitative estimate of drug-likeness (QED) is 0.623. The van der Waals surface area contributed by atoms with Gasteiger partial charge >= 0.3 is 5.97 Å². The molecule has 3 aromatic heterocycles. The lowest BCUT2D eigenvalue weighted by Gasteiger charge is -2.07. The molecule has 0 amide bonds. The first kappa shape index (κ1) is 18.9. The van der Waals surface area contributed by atoms with E-state index in [-0.39, 0.29) is 18.3 Å². The van der Waals surface area contributed by atoms with Crippen molar-refractivity contribution >= 4 is 28.9 Å². The van der Waals surface area contributed by atoms with Crippen LogP contribution in [0.4, 0.5) is 11.6 Å². The molecule has 0 fully saturated rings. The lowest BCUT2D eigenvalue weighted by molar-refractivity contribution is 0.0521. The van der Waals surface area contributed by atoms with Crippen LogP contribution < -0.4 is 11.1 Å². The predicted octanol–water partition coefficient (Wildman–Crippen LogP) is 3.85. The zero-order valence-electron chi connectivity index (χ0n) is 15.4. The maximum atomic E-state index is 12.3. The van der Waals surface area contributed by atoms with Crippen LogP contribution in [0.3, 0.4) is 0 Å². The number of ether oxygens (including phenoxy) is 1. The Morgan fingerprint density at radius 1 is 1.30 bits per heavy atom. The van der Waals surface area contributed by atoms with Crippen molar-refractivity contribution < 1.29 is 9.53 Å². The summed E-state index contributed by atoms with van der Waals surface area (Å²) in [5, 5.41) is 3.84. The van der Waals surface area contributed by atoms with Crippen LogP contribution in [-0.2, 0) is 4.74 Å². The van der Waals surface area contributed by atoms with Gasteiger partial charge in [-0.2, -0.15) is 0 Å². The molecule has 0 unspecified atom stereocenters. The lowest BCUT2D eigenvalue weighted by Crippen LogP contribution is -2.09. The van der Waals surface area contributed by atoms with Crippen LogP contribution >= 0.6 is 11.3 Å². The maximum Gasteiger partial charge on any atom is 0.358 e. The molecule has 0 aromatic carbocycles. The molecule has 0 spiro atoms. The molecular formula is C19H21N5O2S. The summed E-state index contributed by atoms with van der Waals surface area (Å²) in [5.74, 6) is 0.846. The van der Waals surface area contributed by atoms with E-state index >= 15 is 0 Å². The second-order valence-electron chi connectivity index (χ2n) is 5.99. The van der Waals surface area contributed by atoms with Gasteiger partial charge in [0.05, 0.1) is 23.2 Å². The molecule has 3 heterocycles. The molecule has 0 bridgehead atoms. The summed E-state index contributed by atoms with van der Waals surface area (Å²) >= 11 is 1.35. The second kappa shape index (κ2) is 8.24. The van der Waals surface area contributed by atoms with E-state index in [0.29, 0.717) is 27.2 Å². The fourth-order valence-electron chi connectivity index (χ4n) is 2.41. The summed E-state index contributed by atoms with van der Waals surface area (Å²) in [5.41, 5.74) is 7.91. The normalized spacial score (nSPS) is 11.9. The molecule has 0 aliphatic rings. The fraction of sp³-hybridized carbons (Fsp3) is 0.263. The van der Waals surface area contributed by atoms with Crippen LogP contribution in [0.25, 0.3) is 10.6 Å². The number of rotatable bonds is 6. The van der Waals surface area contributed by atoms with Crippen molar-refractivity contribution in [1.82, 2.24) is 15.0 Å². The molecule has 3 rings (SSSR count). The third kappa shape index (κ3) is 4.47. The van der Waals surface area contributed by atoms with E-state index in [1.807, 2.05) is 44.2 Å². The van der Waals surface area contributed by atoms with Crippen molar-refractivity contribution in [3.63, 3.8) is 0 Å². The van der Waals surface area contributed by atoms with E-state index in [1.54, 1.807) is 13.1 Å². The molecule has 1 atom stereocenters. The number of nitrogens with zero attached hydrogens (tertiary/aromatic N) is 3. The molecule has 0 saturated carbocycles. The van der Waals surface area contributed by atoms with Gasteiger partial charge in [0, 0.05) is 6.20 Å². The molecule has 7 nitrogen and oxygen atoms in total. The van der Waals surface area contributed by atoms with Gasteiger partial charge in [0.15, 0.2) is 5.69 Å². The van der Waals surface area contributed by atoms with Crippen LogP contribution in [-0.4, -0.2) is 27.5 Å². The summed E-state index contributed by atoms with van der Waals surface area (Å²) in [6, 6.07) is 9.10. The Bertz CT molecular complexity index is 955. The van der Waals surface area contributed by atoms with Gasteiger partial charge in [0.2, 0.25) is 0 Å². The molecule has 140 valence electrons. The number of anilines is 2. The Hall–Kier alpha value is -2.84. The lowest BCUT2D eigenvalue weighted by atomic mass is 10.2. The van der Waals surface area contributed by atoms with Gasteiger partial charge in [-0.3, -0.25) is 0 Å². The molecule has 8 heteroatoms. The third-order valence-electron chi connectivity index (χ3n) is 3.66. The van der Waals surface area contributed by atoms with Gasteiger partial charge in [-0.25, -0.2) is 19.7 Å². The second-order valence-corrected chi connectivity index (χ2v) is 7.02. The third-order valence-corrected chi connectivity index (χ3v) is 4.93. The van der Waals surface area contributed by atoms with Crippen molar-refractivity contribution in [3.05, 3.63) is 52.8 Å². The Balaban J connectivity index is 1.97. The minimum Gasteiger partial charge on any atom is -0.461 e. The van der Waals surface area contributed by atoms with E-state index in [1.165, 1.54) is 11.3 Å². The fourth-order valence-corrected chi connectivity index (χ4v) is 3.39. The smallest absolute Gasteiger partial charge is 0.358 e. The molecular weight excluding hydrogens is 362 g/mol. The number of nitrogens with one attached hydrogen (secondary N) is 1. The van der Waals surface area contributed by atoms with Crippen LogP contribution in [0.2, 0.25) is 0 Å². The topological polar surface area (TPSA) is 103 Å². The first-order chi connectivity index (χ1) is 13.0. The van der Waals surface area contributed by atoms with Crippen LogP contribution in [0.1, 0.15) is 40.9 Å². The minimum absolute atomic E-state index is 0.243. The van der Waals surface area contributed by atoms with Gasteiger partial charge < -0.3 is 15.8 Å². The summed E-state index contributed by atoms with van der Waals surface area (Å²) in [6.45, 7) is 5.85. The molecule has 27 heavy (non-hydrogen) atoms. The number of aryl methyl sites for hydroxylation is 1. The Labute approximate surface area is 161 Å². The van der Waals surface area contributed by atoms with Gasteiger partial charge in [0.1, 0.15) is 16.6 Å². The maximum absolute atomic E-state index is 12.3. The predicted molar refractivity (Wildman–Crippen MR) is 106 cm³/mol. The first-order valence-electron chi connectivity index (χ1n) is 8.58. The zero-order chi connectivity index (χ0) is 19.4. The van der Waals surface area contributed by atoms with E-state index in [0.717, 1.165) is 5.56 Å². The van der Waals surface area contributed by atoms with Crippen molar-refractivity contribution in [2.45, 2.75) is 26.8 Å². The molecule has 0 saturated heterocycles. The number of thiazole rings is 1. The first-order valence-corrected chi connectivity index (χ1v) is 9.40. The van der Waals surface area contributed by atoms with Gasteiger partial charge in [-0.15, -0.1) is 11.3 Å². The Kier molecular flexibility index (Phi) is 5.78. The summed E-state index contributed by atoms with van der Waals surface area (Å²) < 4.78 is 5.13. The van der Waals surface area contributed by atoms with Crippen LogP contribution in [0.5, 0.6) is 0 Å². The zero-order valence-corrected chi connectivity index (χ0v) is 16.2. The highest BCUT2D eigenvalue weighted by Gasteiger charge is 2.23. The molecule has 0 aliphatic heterocycles. The number of carbonyl (C=O) groups is 1. The van der Waals surface area contributed by atoms with E-state index in [4.69, 9.17) is 10.5 Å². The molecule has 3 aromatic rings. The summed E-state index contributed by atoms with van der Waals surface area (Å²) in [4.78, 5) is 26.2. The number of carbonyl (C=O) groups excluding carboxylic acids is 1. The van der Waals surface area contributed by atoms with Gasteiger partial charge in [-0.1, -0.05) is 6.07 Å². The summed E-state index contributed by atoms with van der Waals surface area (Å²) in [7, 11) is 0. The number of nitrogens with two attached hydrogens (primary N) is 1. The summed E-state index contributed by atoms with van der Waals surface area (Å²) in [6.07, 6.45) is 1.73.